The summed E-state index contributed by atoms with van der Waals surface area (Å²) in [6.45, 7) is 3.68. The van der Waals surface area contributed by atoms with Crippen LogP contribution in [0.5, 0.6) is 0 Å². The van der Waals surface area contributed by atoms with Gasteiger partial charge in [0.25, 0.3) is 0 Å². The Kier molecular flexibility index (Phi) is 4.65. The van der Waals surface area contributed by atoms with Crippen molar-refractivity contribution in [3.05, 3.63) is 71.4 Å². The highest BCUT2D eigenvalue weighted by Crippen LogP contribution is 2.25. The van der Waals surface area contributed by atoms with Crippen molar-refractivity contribution in [2.45, 2.75) is 31.7 Å². The van der Waals surface area contributed by atoms with Gasteiger partial charge in [-0.2, -0.15) is 0 Å². The SMILES string of the molecule is O=C(Cc1c[nH]c2ccccc12)N1CCN(C2CCc3ccccc3C2)CC1. The van der Waals surface area contributed by atoms with E-state index >= 15 is 0 Å². The predicted octanol–water partition coefficient (Wildman–Crippen LogP) is 3.41. The number of carbonyl (C=O) groups excluding carboxylic acids is 1. The number of rotatable bonds is 3. The second-order valence-corrected chi connectivity index (χ2v) is 8.12. The van der Waals surface area contributed by atoms with Crippen LogP contribution in [0.15, 0.2) is 54.7 Å². The number of carbonyl (C=O) groups is 1. The molecule has 144 valence electrons. The van der Waals surface area contributed by atoms with Crippen LogP contribution in [0.4, 0.5) is 0 Å². The largest absolute Gasteiger partial charge is 0.361 e. The van der Waals surface area contributed by atoms with Crippen molar-refractivity contribution in [2.75, 3.05) is 26.2 Å². The van der Waals surface area contributed by atoms with Gasteiger partial charge in [0.2, 0.25) is 5.91 Å². The van der Waals surface area contributed by atoms with Crippen molar-refractivity contribution in [1.29, 1.82) is 0 Å². The number of aromatic nitrogens is 1. The van der Waals surface area contributed by atoms with Crippen molar-refractivity contribution >= 4 is 16.8 Å². The summed E-state index contributed by atoms with van der Waals surface area (Å²) in [4.78, 5) is 20.8. The monoisotopic (exact) mass is 373 g/mol. The lowest BCUT2D eigenvalue weighted by atomic mass is 9.87. The first-order chi connectivity index (χ1) is 13.8. The topological polar surface area (TPSA) is 39.3 Å². The Morgan fingerprint density at radius 3 is 2.57 bits per heavy atom. The van der Waals surface area contributed by atoms with Gasteiger partial charge in [-0.3, -0.25) is 9.69 Å². The fourth-order valence-electron chi connectivity index (χ4n) is 4.88. The van der Waals surface area contributed by atoms with Gasteiger partial charge in [-0.1, -0.05) is 42.5 Å². The number of fused-ring (bicyclic) bond motifs is 2. The first kappa shape index (κ1) is 17.5. The third-order valence-corrected chi connectivity index (χ3v) is 6.52. The van der Waals surface area contributed by atoms with Gasteiger partial charge in [-0.15, -0.1) is 0 Å². The molecule has 1 aliphatic carbocycles. The van der Waals surface area contributed by atoms with Crippen molar-refractivity contribution < 1.29 is 4.79 Å². The smallest absolute Gasteiger partial charge is 0.227 e. The third-order valence-electron chi connectivity index (χ3n) is 6.52. The molecule has 4 nitrogen and oxygen atoms in total. The summed E-state index contributed by atoms with van der Waals surface area (Å²) in [5.41, 5.74) is 5.24. The van der Waals surface area contributed by atoms with Gasteiger partial charge < -0.3 is 9.88 Å². The molecule has 1 fully saturated rings. The molecule has 1 aliphatic heterocycles. The Morgan fingerprint density at radius 2 is 1.71 bits per heavy atom. The molecule has 0 spiro atoms. The van der Waals surface area contributed by atoms with E-state index in [2.05, 4.69) is 51.2 Å². The number of H-pyrrole nitrogens is 1. The first-order valence-corrected chi connectivity index (χ1v) is 10.4. The average Bonchev–Trinajstić information content (AvgIpc) is 3.16. The van der Waals surface area contributed by atoms with E-state index in [0.717, 1.165) is 49.1 Å². The number of aryl methyl sites for hydroxylation is 1. The van der Waals surface area contributed by atoms with Gasteiger partial charge in [0.15, 0.2) is 0 Å². The van der Waals surface area contributed by atoms with E-state index < -0.39 is 0 Å². The van der Waals surface area contributed by atoms with E-state index in [0.29, 0.717) is 12.5 Å². The van der Waals surface area contributed by atoms with Gasteiger partial charge >= 0.3 is 0 Å². The third kappa shape index (κ3) is 3.33. The minimum Gasteiger partial charge on any atom is -0.361 e. The summed E-state index contributed by atoms with van der Waals surface area (Å²) in [6, 6.07) is 17.7. The number of hydrogen-bond donors (Lipinski definition) is 1. The number of nitrogens with zero attached hydrogens (tertiary/aromatic N) is 2. The summed E-state index contributed by atoms with van der Waals surface area (Å²) in [7, 11) is 0. The van der Waals surface area contributed by atoms with Gasteiger partial charge in [0.1, 0.15) is 0 Å². The van der Waals surface area contributed by atoms with Crippen molar-refractivity contribution in [3.8, 4) is 0 Å². The number of amides is 1. The second kappa shape index (κ2) is 7.44. The van der Waals surface area contributed by atoms with Gasteiger partial charge in [0, 0.05) is 49.3 Å². The Labute approximate surface area is 166 Å². The number of aromatic amines is 1. The quantitative estimate of drug-likeness (QED) is 0.764. The first-order valence-electron chi connectivity index (χ1n) is 10.4. The molecular weight excluding hydrogens is 346 g/mol. The molecule has 0 radical (unpaired) electrons. The summed E-state index contributed by atoms with van der Waals surface area (Å²) in [5, 5.41) is 1.16. The minimum atomic E-state index is 0.249. The lowest BCUT2D eigenvalue weighted by Gasteiger charge is -2.41. The maximum absolute atomic E-state index is 12.8. The zero-order valence-electron chi connectivity index (χ0n) is 16.2. The molecule has 28 heavy (non-hydrogen) atoms. The minimum absolute atomic E-state index is 0.249. The molecule has 1 N–H and O–H groups in total. The van der Waals surface area contributed by atoms with Gasteiger partial charge in [-0.25, -0.2) is 0 Å². The molecule has 2 aromatic carbocycles. The standard InChI is InChI=1S/C24H27N3O/c28-24(16-20-17-25-23-8-4-3-7-22(20)23)27-13-11-26(12-14-27)21-10-9-18-5-1-2-6-19(18)15-21/h1-8,17,21,25H,9-16H2. The number of hydrogen-bond acceptors (Lipinski definition) is 2. The second-order valence-electron chi connectivity index (χ2n) is 8.12. The van der Waals surface area contributed by atoms with Crippen molar-refractivity contribution in [1.82, 2.24) is 14.8 Å². The van der Waals surface area contributed by atoms with Crippen molar-refractivity contribution in [3.63, 3.8) is 0 Å². The normalized spacial score (nSPS) is 20.3. The van der Waals surface area contributed by atoms with Crippen LogP contribution in [0.25, 0.3) is 10.9 Å². The molecule has 2 aliphatic rings. The average molecular weight is 374 g/mol. The zero-order valence-corrected chi connectivity index (χ0v) is 16.2. The summed E-state index contributed by atoms with van der Waals surface area (Å²) >= 11 is 0. The van der Waals surface area contributed by atoms with Gasteiger partial charge in [-0.05, 0) is 42.0 Å². The number of nitrogens with one attached hydrogen (secondary N) is 1. The van der Waals surface area contributed by atoms with Gasteiger partial charge in [0.05, 0.1) is 6.42 Å². The lowest BCUT2D eigenvalue weighted by molar-refractivity contribution is -0.132. The zero-order chi connectivity index (χ0) is 18.9. The fourth-order valence-corrected chi connectivity index (χ4v) is 4.88. The maximum atomic E-state index is 12.8. The molecule has 0 saturated carbocycles. The molecule has 1 atom stereocenters. The van der Waals surface area contributed by atoms with Crippen LogP contribution in [0.2, 0.25) is 0 Å². The van der Waals surface area contributed by atoms with E-state index in [1.165, 1.54) is 24.0 Å². The van der Waals surface area contributed by atoms with E-state index in [9.17, 15) is 4.79 Å². The van der Waals surface area contributed by atoms with E-state index in [-0.39, 0.29) is 5.91 Å². The van der Waals surface area contributed by atoms with Crippen LogP contribution < -0.4 is 0 Å². The molecule has 1 amide bonds. The molecule has 3 aromatic rings. The molecule has 4 heteroatoms. The van der Waals surface area contributed by atoms with Crippen LogP contribution in [-0.2, 0) is 24.1 Å². The molecule has 1 aromatic heterocycles. The Hall–Kier alpha value is -2.59. The summed E-state index contributed by atoms with van der Waals surface area (Å²) in [6.07, 6.45) is 6.04. The highest BCUT2D eigenvalue weighted by atomic mass is 16.2. The highest BCUT2D eigenvalue weighted by molar-refractivity contribution is 5.88. The Bertz CT molecular complexity index is 984. The molecule has 0 bridgehead atoms. The summed E-state index contributed by atoms with van der Waals surface area (Å²) in [5.74, 6) is 0.249. The molecule has 1 saturated heterocycles. The predicted molar refractivity (Wildman–Crippen MR) is 112 cm³/mol. The van der Waals surface area contributed by atoms with Crippen molar-refractivity contribution in [2.24, 2.45) is 0 Å². The van der Waals surface area contributed by atoms with Crippen LogP contribution in [0.1, 0.15) is 23.1 Å². The van der Waals surface area contributed by atoms with Crippen LogP contribution in [-0.4, -0.2) is 52.9 Å². The van der Waals surface area contributed by atoms with Crippen LogP contribution in [0, 0.1) is 0 Å². The number of piperazine rings is 1. The van der Waals surface area contributed by atoms with E-state index in [4.69, 9.17) is 0 Å². The van der Waals surface area contributed by atoms with E-state index in [1.807, 2.05) is 18.3 Å². The van der Waals surface area contributed by atoms with Crippen LogP contribution >= 0.6 is 0 Å². The Balaban J connectivity index is 1.19. The summed E-state index contributed by atoms with van der Waals surface area (Å²) < 4.78 is 0. The highest BCUT2D eigenvalue weighted by Gasteiger charge is 2.28. The number of para-hydroxylation sites is 1. The molecule has 5 rings (SSSR count). The maximum Gasteiger partial charge on any atom is 0.227 e. The lowest BCUT2D eigenvalue weighted by Crippen LogP contribution is -2.53. The Morgan fingerprint density at radius 1 is 0.964 bits per heavy atom. The number of benzene rings is 2. The molecule has 2 heterocycles. The van der Waals surface area contributed by atoms with Crippen LogP contribution in [0.3, 0.4) is 0 Å². The fraction of sp³-hybridized carbons (Fsp3) is 0.375. The molecule has 1 unspecified atom stereocenters. The molecular formula is C24H27N3O. The van der Waals surface area contributed by atoms with E-state index in [1.54, 1.807) is 0 Å².